The van der Waals surface area contributed by atoms with E-state index < -0.39 is 0 Å². The zero-order valence-electron chi connectivity index (χ0n) is 8.13. The van der Waals surface area contributed by atoms with E-state index in [2.05, 4.69) is 25.1 Å². The molecule has 0 aromatic heterocycles. The minimum absolute atomic E-state index is 0.456. The largest absolute Gasteiger partial charge is 0.381 e. The van der Waals surface area contributed by atoms with Crippen molar-refractivity contribution in [3.8, 4) is 0 Å². The molecule has 68 valence electrons. The summed E-state index contributed by atoms with van der Waals surface area (Å²) in [6.45, 7) is 7.53. The third-order valence-electron chi connectivity index (χ3n) is 1.68. The van der Waals surface area contributed by atoms with E-state index in [0.29, 0.717) is 5.25 Å². The van der Waals surface area contributed by atoms with Gasteiger partial charge in [-0.25, -0.2) is 0 Å². The van der Waals surface area contributed by atoms with Crippen LogP contribution in [0.4, 0.5) is 0 Å². The number of nitrogens with zero attached hydrogens (tertiary/aromatic N) is 1. The zero-order chi connectivity index (χ0) is 9.56. The van der Waals surface area contributed by atoms with Gasteiger partial charge in [0.05, 0.1) is 0 Å². The molecule has 0 N–H and O–H groups in total. The van der Waals surface area contributed by atoms with Crippen molar-refractivity contribution in [2.75, 3.05) is 20.4 Å². The van der Waals surface area contributed by atoms with Crippen molar-refractivity contribution in [2.24, 2.45) is 0 Å². The number of hydrogen-bond acceptors (Lipinski definition) is 2. The van der Waals surface area contributed by atoms with Crippen molar-refractivity contribution < 1.29 is 0 Å². The van der Waals surface area contributed by atoms with Gasteiger partial charge in [-0.2, -0.15) is 11.8 Å². The van der Waals surface area contributed by atoms with Crippen molar-refractivity contribution >= 4 is 11.8 Å². The Kier molecular flexibility index (Phi) is 5.69. The van der Waals surface area contributed by atoms with E-state index in [0.717, 1.165) is 12.1 Å². The highest BCUT2D eigenvalue weighted by Gasteiger charge is 2.05. The van der Waals surface area contributed by atoms with Gasteiger partial charge in [0.25, 0.3) is 0 Å². The Bertz CT molecular complexity index is 190. The van der Waals surface area contributed by atoms with Crippen LogP contribution >= 0.6 is 11.8 Å². The molecule has 0 saturated carbocycles. The predicted molar refractivity (Wildman–Crippen MR) is 58.5 cm³/mol. The highest BCUT2D eigenvalue weighted by molar-refractivity contribution is 7.99. The third kappa shape index (κ3) is 4.32. The topological polar surface area (TPSA) is 3.24 Å². The highest BCUT2D eigenvalue weighted by Crippen LogP contribution is 2.17. The second-order valence-electron chi connectivity index (χ2n) is 2.81. The van der Waals surface area contributed by atoms with E-state index in [1.165, 1.54) is 0 Å². The van der Waals surface area contributed by atoms with Gasteiger partial charge < -0.3 is 4.90 Å². The van der Waals surface area contributed by atoms with E-state index in [1.54, 1.807) is 11.8 Å². The molecule has 1 nitrogen and oxygen atoms in total. The quantitative estimate of drug-likeness (QED) is 0.603. The van der Waals surface area contributed by atoms with Crippen molar-refractivity contribution in [3.63, 3.8) is 0 Å². The fraction of sp³-hybridized carbons (Fsp3) is 0.500. The fourth-order valence-electron chi connectivity index (χ4n) is 0.757. The molecule has 0 spiro atoms. The SMILES string of the molecule is C=C=CC(CC(=C)N(C)C)SC. The van der Waals surface area contributed by atoms with Crippen LogP contribution in [0.5, 0.6) is 0 Å². The summed E-state index contributed by atoms with van der Waals surface area (Å²) in [6, 6.07) is 0. The molecule has 0 aliphatic heterocycles. The standard InChI is InChI=1S/C10H17NS/c1-6-7-10(12-5)8-9(2)11(3)4/h7,10H,1-2,8H2,3-5H3. The average Bonchev–Trinajstić information content (AvgIpc) is 2.03. The van der Waals surface area contributed by atoms with E-state index in [9.17, 15) is 0 Å². The van der Waals surface area contributed by atoms with Crippen molar-refractivity contribution in [2.45, 2.75) is 11.7 Å². The first-order chi connectivity index (χ1) is 5.61. The van der Waals surface area contributed by atoms with Gasteiger partial charge in [-0.1, -0.05) is 13.2 Å². The maximum Gasteiger partial charge on any atom is 0.0353 e. The van der Waals surface area contributed by atoms with Crippen LogP contribution < -0.4 is 0 Å². The monoisotopic (exact) mass is 183 g/mol. The van der Waals surface area contributed by atoms with Crippen molar-refractivity contribution in [1.29, 1.82) is 0 Å². The second-order valence-corrected chi connectivity index (χ2v) is 3.89. The Labute approximate surface area is 79.8 Å². The summed E-state index contributed by atoms with van der Waals surface area (Å²) in [6.07, 6.45) is 5.04. The van der Waals surface area contributed by atoms with Crippen LogP contribution in [0.1, 0.15) is 6.42 Å². The Hall–Kier alpha value is -0.590. The van der Waals surface area contributed by atoms with Gasteiger partial charge in [-0.3, -0.25) is 0 Å². The molecule has 0 amide bonds. The van der Waals surface area contributed by atoms with Crippen LogP contribution in [0.15, 0.2) is 30.7 Å². The van der Waals surface area contributed by atoms with Crippen LogP contribution in [0.3, 0.4) is 0 Å². The Morgan fingerprint density at radius 2 is 2.25 bits per heavy atom. The molecule has 0 aromatic carbocycles. The molecule has 0 saturated heterocycles. The van der Waals surface area contributed by atoms with Crippen LogP contribution in [0.2, 0.25) is 0 Å². The highest BCUT2D eigenvalue weighted by atomic mass is 32.2. The van der Waals surface area contributed by atoms with Gasteiger partial charge in [-0.05, 0) is 12.3 Å². The molecule has 0 aliphatic carbocycles. The number of hydrogen-bond donors (Lipinski definition) is 0. The minimum Gasteiger partial charge on any atom is -0.381 e. The fourth-order valence-corrected chi connectivity index (χ4v) is 1.35. The van der Waals surface area contributed by atoms with E-state index in [-0.39, 0.29) is 0 Å². The third-order valence-corrected chi connectivity index (χ3v) is 2.58. The molecular formula is C10H17NS. The predicted octanol–water partition coefficient (Wildman–Crippen LogP) is 2.52. The van der Waals surface area contributed by atoms with Crippen LogP contribution in [0, 0.1) is 0 Å². The van der Waals surface area contributed by atoms with Gasteiger partial charge in [0.2, 0.25) is 0 Å². The minimum atomic E-state index is 0.456. The van der Waals surface area contributed by atoms with Gasteiger partial charge in [0, 0.05) is 31.5 Å². The average molecular weight is 183 g/mol. The number of rotatable bonds is 5. The summed E-state index contributed by atoms with van der Waals surface area (Å²) in [4.78, 5) is 2.04. The number of allylic oxidation sites excluding steroid dienone is 1. The molecule has 0 aliphatic rings. The summed E-state index contributed by atoms with van der Waals surface area (Å²) >= 11 is 1.79. The maximum absolute atomic E-state index is 3.97. The molecule has 0 radical (unpaired) electrons. The zero-order valence-corrected chi connectivity index (χ0v) is 8.95. The van der Waals surface area contributed by atoms with Gasteiger partial charge >= 0.3 is 0 Å². The van der Waals surface area contributed by atoms with Crippen molar-refractivity contribution in [1.82, 2.24) is 4.90 Å². The van der Waals surface area contributed by atoms with Crippen LogP contribution in [-0.4, -0.2) is 30.5 Å². The molecular weight excluding hydrogens is 166 g/mol. The molecule has 0 fully saturated rings. The summed E-state index contributed by atoms with van der Waals surface area (Å²) in [5, 5.41) is 0.456. The molecule has 1 atom stereocenters. The summed E-state index contributed by atoms with van der Waals surface area (Å²) < 4.78 is 0. The lowest BCUT2D eigenvalue weighted by Gasteiger charge is -2.18. The normalized spacial score (nSPS) is 11.6. The summed E-state index contributed by atoms with van der Waals surface area (Å²) in [7, 11) is 4.02. The van der Waals surface area contributed by atoms with E-state index in [4.69, 9.17) is 0 Å². The molecule has 0 heterocycles. The first-order valence-electron chi connectivity index (χ1n) is 3.85. The Balaban J connectivity index is 4.02. The van der Waals surface area contributed by atoms with Gasteiger partial charge in [-0.15, -0.1) is 5.73 Å². The van der Waals surface area contributed by atoms with E-state index >= 15 is 0 Å². The molecule has 2 heteroatoms. The smallest absolute Gasteiger partial charge is 0.0353 e. The van der Waals surface area contributed by atoms with Gasteiger partial charge in [0.1, 0.15) is 0 Å². The van der Waals surface area contributed by atoms with Crippen LogP contribution in [0.25, 0.3) is 0 Å². The Morgan fingerprint density at radius 1 is 1.67 bits per heavy atom. The second kappa shape index (κ2) is 5.99. The number of thioether (sulfide) groups is 1. The molecule has 0 rings (SSSR count). The lowest BCUT2D eigenvalue weighted by Crippen LogP contribution is -2.13. The lowest BCUT2D eigenvalue weighted by molar-refractivity contribution is 0.492. The Morgan fingerprint density at radius 3 is 2.58 bits per heavy atom. The maximum atomic E-state index is 3.97. The lowest BCUT2D eigenvalue weighted by atomic mass is 10.2. The summed E-state index contributed by atoms with van der Waals surface area (Å²) in [5.74, 6) is 0. The van der Waals surface area contributed by atoms with Gasteiger partial charge in [0.15, 0.2) is 0 Å². The first-order valence-corrected chi connectivity index (χ1v) is 5.14. The van der Waals surface area contributed by atoms with Crippen LogP contribution in [-0.2, 0) is 0 Å². The van der Waals surface area contributed by atoms with E-state index in [1.807, 2.05) is 25.1 Å². The first kappa shape index (κ1) is 11.4. The molecule has 1 unspecified atom stereocenters. The summed E-state index contributed by atoms with van der Waals surface area (Å²) in [5.41, 5.74) is 3.95. The van der Waals surface area contributed by atoms with Crippen molar-refractivity contribution in [3.05, 3.63) is 30.7 Å². The molecule has 0 bridgehead atoms. The molecule has 0 aromatic rings. The molecule has 12 heavy (non-hydrogen) atoms.